The molecule has 0 heterocycles. The molecule has 2 fully saturated rings. The molecule has 0 aromatic heterocycles. The van der Waals surface area contributed by atoms with E-state index >= 15 is 0 Å². The number of rotatable bonds is 3. The van der Waals surface area contributed by atoms with Crippen molar-refractivity contribution in [1.29, 1.82) is 0 Å². The number of nitrogens with zero attached hydrogens (tertiary/aromatic N) is 1. The van der Waals surface area contributed by atoms with Crippen LogP contribution in [0.15, 0.2) is 0 Å². The normalized spacial score (nSPS) is 28.8. The quantitative estimate of drug-likeness (QED) is 0.806. The molecule has 1 amide bonds. The molecule has 2 aliphatic carbocycles. The van der Waals surface area contributed by atoms with Crippen LogP contribution >= 0.6 is 0 Å². The first-order valence-corrected chi connectivity index (χ1v) is 7.01. The van der Waals surface area contributed by atoms with Crippen molar-refractivity contribution in [3.63, 3.8) is 0 Å². The van der Waals surface area contributed by atoms with Gasteiger partial charge in [0.15, 0.2) is 0 Å². The number of carbonyl (C=O) groups is 1. The molecular formula is C13H21F3N2O. The molecule has 0 spiro atoms. The summed E-state index contributed by atoms with van der Waals surface area (Å²) in [7, 11) is 0. The SMILES string of the molecule is NC1CCCCCC1C(=O)N(CC(F)(F)F)C1CC1. The Morgan fingerprint density at radius 3 is 2.32 bits per heavy atom. The van der Waals surface area contributed by atoms with E-state index in [1.807, 2.05) is 0 Å². The lowest BCUT2D eigenvalue weighted by atomic mass is 9.94. The molecule has 0 bridgehead atoms. The number of halogens is 3. The van der Waals surface area contributed by atoms with Crippen LogP contribution in [0.1, 0.15) is 44.9 Å². The number of nitrogens with two attached hydrogens (primary N) is 1. The molecule has 2 N–H and O–H groups in total. The second-order valence-electron chi connectivity index (χ2n) is 5.72. The van der Waals surface area contributed by atoms with Gasteiger partial charge in [0.2, 0.25) is 5.91 Å². The van der Waals surface area contributed by atoms with Gasteiger partial charge >= 0.3 is 6.18 Å². The van der Waals surface area contributed by atoms with Crippen molar-refractivity contribution in [3.8, 4) is 0 Å². The molecule has 0 aromatic carbocycles. The van der Waals surface area contributed by atoms with E-state index in [0.717, 1.165) is 30.6 Å². The molecule has 0 radical (unpaired) electrons. The highest BCUT2D eigenvalue weighted by Gasteiger charge is 2.43. The molecule has 0 aliphatic heterocycles. The van der Waals surface area contributed by atoms with Crippen molar-refractivity contribution in [2.75, 3.05) is 6.54 Å². The second kappa shape index (κ2) is 5.69. The minimum absolute atomic E-state index is 0.218. The Bertz CT molecular complexity index is 328. The predicted molar refractivity (Wildman–Crippen MR) is 65.3 cm³/mol. The Morgan fingerprint density at radius 1 is 1.11 bits per heavy atom. The van der Waals surface area contributed by atoms with E-state index in [9.17, 15) is 18.0 Å². The van der Waals surface area contributed by atoms with Gasteiger partial charge in [-0.2, -0.15) is 13.2 Å². The minimum atomic E-state index is -4.33. The van der Waals surface area contributed by atoms with Gasteiger partial charge in [-0.1, -0.05) is 19.3 Å². The van der Waals surface area contributed by atoms with Crippen molar-refractivity contribution >= 4 is 5.91 Å². The molecule has 0 aromatic rings. The molecule has 2 saturated carbocycles. The van der Waals surface area contributed by atoms with Gasteiger partial charge in [0.05, 0.1) is 5.92 Å². The zero-order valence-corrected chi connectivity index (χ0v) is 11.0. The highest BCUT2D eigenvalue weighted by molar-refractivity contribution is 5.80. The molecule has 3 nitrogen and oxygen atoms in total. The van der Waals surface area contributed by atoms with Gasteiger partial charge < -0.3 is 10.6 Å². The summed E-state index contributed by atoms with van der Waals surface area (Å²) in [4.78, 5) is 13.4. The Balaban J connectivity index is 2.05. The first kappa shape index (κ1) is 14.6. The maximum absolute atomic E-state index is 12.6. The molecule has 0 saturated heterocycles. The molecule has 110 valence electrons. The maximum atomic E-state index is 12.6. The number of alkyl halides is 3. The molecule has 2 rings (SSSR count). The van der Waals surface area contributed by atoms with Crippen LogP contribution in [0.5, 0.6) is 0 Å². The van der Waals surface area contributed by atoms with Crippen LogP contribution in [0.3, 0.4) is 0 Å². The maximum Gasteiger partial charge on any atom is 0.406 e. The highest BCUT2D eigenvalue weighted by Crippen LogP contribution is 2.33. The summed E-state index contributed by atoms with van der Waals surface area (Å²) < 4.78 is 37.7. The number of amides is 1. The molecule has 2 unspecified atom stereocenters. The summed E-state index contributed by atoms with van der Waals surface area (Å²) in [6.07, 6.45) is 1.27. The summed E-state index contributed by atoms with van der Waals surface area (Å²) in [6, 6.07) is -0.505. The van der Waals surface area contributed by atoms with Crippen molar-refractivity contribution < 1.29 is 18.0 Å². The number of hydrogen-bond acceptors (Lipinski definition) is 2. The predicted octanol–water partition coefficient (Wildman–Crippen LogP) is 2.45. The van der Waals surface area contributed by atoms with Crippen molar-refractivity contribution in [1.82, 2.24) is 4.90 Å². The fourth-order valence-corrected chi connectivity index (χ4v) is 2.82. The van der Waals surface area contributed by atoms with Crippen molar-refractivity contribution in [2.24, 2.45) is 11.7 Å². The van der Waals surface area contributed by atoms with E-state index in [2.05, 4.69) is 0 Å². The number of carbonyl (C=O) groups excluding carboxylic acids is 1. The van der Waals surface area contributed by atoms with E-state index < -0.39 is 18.6 Å². The lowest BCUT2D eigenvalue weighted by Gasteiger charge is -2.30. The van der Waals surface area contributed by atoms with Crippen molar-refractivity contribution in [3.05, 3.63) is 0 Å². The Kier molecular flexibility index (Phi) is 4.38. The first-order valence-electron chi connectivity index (χ1n) is 7.01. The largest absolute Gasteiger partial charge is 0.406 e. The zero-order valence-electron chi connectivity index (χ0n) is 11.0. The summed E-state index contributed by atoms with van der Waals surface area (Å²) in [5.41, 5.74) is 5.97. The first-order chi connectivity index (χ1) is 8.88. The summed E-state index contributed by atoms with van der Waals surface area (Å²) in [6.45, 7) is -1.13. The van der Waals surface area contributed by atoms with Crippen LogP contribution in [0.25, 0.3) is 0 Å². The summed E-state index contributed by atoms with van der Waals surface area (Å²) in [5, 5.41) is 0. The van der Waals surface area contributed by atoms with Gasteiger partial charge in [-0.15, -0.1) is 0 Å². The van der Waals surface area contributed by atoms with Gasteiger partial charge in [0, 0.05) is 12.1 Å². The molecule has 2 atom stereocenters. The average Bonchev–Trinajstić information content (AvgIpc) is 3.11. The minimum Gasteiger partial charge on any atom is -0.330 e. The van der Waals surface area contributed by atoms with E-state index in [1.54, 1.807) is 0 Å². The molecule has 6 heteroatoms. The van der Waals surface area contributed by atoms with Crippen LogP contribution in [0, 0.1) is 5.92 Å². The van der Waals surface area contributed by atoms with E-state index in [1.165, 1.54) is 0 Å². The lowest BCUT2D eigenvalue weighted by Crippen LogP contribution is -2.48. The summed E-state index contributed by atoms with van der Waals surface area (Å²) in [5.74, 6) is -0.806. The third kappa shape index (κ3) is 4.09. The third-order valence-electron chi connectivity index (χ3n) is 4.01. The van der Waals surface area contributed by atoms with E-state index in [4.69, 9.17) is 5.73 Å². The number of hydrogen-bond donors (Lipinski definition) is 1. The van der Waals surface area contributed by atoms with Crippen LogP contribution in [0.4, 0.5) is 13.2 Å². The topological polar surface area (TPSA) is 46.3 Å². The van der Waals surface area contributed by atoms with E-state index in [0.29, 0.717) is 19.3 Å². The van der Waals surface area contributed by atoms with Crippen LogP contribution in [-0.2, 0) is 4.79 Å². The third-order valence-corrected chi connectivity index (χ3v) is 4.01. The smallest absolute Gasteiger partial charge is 0.330 e. The van der Waals surface area contributed by atoms with Crippen molar-refractivity contribution in [2.45, 2.75) is 63.2 Å². The monoisotopic (exact) mass is 278 g/mol. The second-order valence-corrected chi connectivity index (χ2v) is 5.72. The standard InChI is InChI=1S/C13H21F3N2O/c14-13(15,16)8-18(9-6-7-9)12(19)10-4-2-1-3-5-11(10)17/h9-11H,1-8,17H2. The Morgan fingerprint density at radius 2 is 1.74 bits per heavy atom. The van der Waals surface area contributed by atoms with Gasteiger partial charge in [-0.3, -0.25) is 4.79 Å². The van der Waals surface area contributed by atoms with Crippen LogP contribution in [-0.4, -0.2) is 35.6 Å². The fraction of sp³-hybridized carbons (Fsp3) is 0.923. The average molecular weight is 278 g/mol. The van der Waals surface area contributed by atoms with E-state index in [-0.39, 0.29) is 18.0 Å². The van der Waals surface area contributed by atoms with Gasteiger partial charge in [-0.25, -0.2) is 0 Å². The summed E-state index contributed by atoms with van der Waals surface area (Å²) >= 11 is 0. The zero-order chi connectivity index (χ0) is 14.0. The highest BCUT2D eigenvalue weighted by atomic mass is 19.4. The molecule has 19 heavy (non-hydrogen) atoms. The molecule has 2 aliphatic rings. The van der Waals surface area contributed by atoms with Gasteiger partial charge in [0.25, 0.3) is 0 Å². The Labute approximate surface area is 111 Å². The Hall–Kier alpha value is -0.780. The fourth-order valence-electron chi connectivity index (χ4n) is 2.82. The molecular weight excluding hydrogens is 257 g/mol. The van der Waals surface area contributed by atoms with Gasteiger partial charge in [0.1, 0.15) is 6.54 Å². The van der Waals surface area contributed by atoms with Gasteiger partial charge in [-0.05, 0) is 25.7 Å². The lowest BCUT2D eigenvalue weighted by molar-refractivity contribution is -0.165. The van der Waals surface area contributed by atoms with Crippen LogP contribution < -0.4 is 5.73 Å². The van der Waals surface area contributed by atoms with Crippen LogP contribution in [0.2, 0.25) is 0 Å².